The second-order valence-electron chi connectivity index (χ2n) is 8.76. The number of hydrogen-bond donors (Lipinski definition) is 1. The molecule has 1 aromatic heterocycles. The molecule has 0 radical (unpaired) electrons. The Morgan fingerprint density at radius 3 is 2.31 bits per heavy atom. The third-order valence-corrected chi connectivity index (χ3v) is 7.41. The van der Waals surface area contributed by atoms with Gasteiger partial charge in [0, 0.05) is 42.4 Å². The summed E-state index contributed by atoms with van der Waals surface area (Å²) in [5.74, 6) is 0. The summed E-state index contributed by atoms with van der Waals surface area (Å²) in [5, 5.41) is 1.60. The van der Waals surface area contributed by atoms with Crippen molar-refractivity contribution >= 4 is 39.8 Å². The van der Waals surface area contributed by atoms with E-state index in [4.69, 9.17) is 23.2 Å². The van der Waals surface area contributed by atoms with Gasteiger partial charge in [-0.05, 0) is 68.6 Å². The minimum atomic E-state index is -0.396. The number of hydrogen-bond acceptors (Lipinski definition) is 4. The van der Waals surface area contributed by atoms with Crippen LogP contribution in [0, 0.1) is 0 Å². The van der Waals surface area contributed by atoms with Crippen LogP contribution in [0.4, 0.5) is 5.69 Å². The third-order valence-electron chi connectivity index (χ3n) is 6.84. The third kappa shape index (κ3) is 4.07. The van der Waals surface area contributed by atoms with Gasteiger partial charge in [0.1, 0.15) is 0 Å². The molecule has 2 aliphatic rings. The molecule has 2 aromatic carbocycles. The number of aromatic nitrogens is 2. The minimum absolute atomic E-state index is 0.275. The lowest BCUT2D eigenvalue weighted by atomic mass is 10.1. The number of H-pyrrole nitrogens is 1. The highest BCUT2D eigenvalue weighted by Gasteiger charge is 2.39. The summed E-state index contributed by atoms with van der Waals surface area (Å²) in [6, 6.07) is 14.3. The first-order valence-corrected chi connectivity index (χ1v) is 11.9. The highest BCUT2D eigenvalue weighted by molar-refractivity contribution is 6.34. The van der Waals surface area contributed by atoms with Crippen molar-refractivity contribution in [3.05, 3.63) is 73.3 Å². The summed E-state index contributed by atoms with van der Waals surface area (Å²) in [6.45, 7) is 3.47. The Morgan fingerprint density at radius 1 is 0.906 bits per heavy atom. The first-order chi connectivity index (χ1) is 15.5. The van der Waals surface area contributed by atoms with Crippen molar-refractivity contribution in [3.63, 3.8) is 0 Å². The molecule has 0 aliphatic carbocycles. The van der Waals surface area contributed by atoms with E-state index in [2.05, 4.69) is 26.9 Å². The number of unbranched alkanes of at least 4 members (excludes halogenated alkanes) is 1. The van der Waals surface area contributed by atoms with Crippen molar-refractivity contribution in [2.24, 2.45) is 0 Å². The van der Waals surface area contributed by atoms with E-state index in [1.807, 2.05) is 12.1 Å². The Bertz CT molecular complexity index is 1220. The van der Waals surface area contributed by atoms with E-state index in [-0.39, 0.29) is 5.56 Å². The highest BCUT2D eigenvalue weighted by Crippen LogP contribution is 2.33. The van der Waals surface area contributed by atoms with E-state index >= 15 is 0 Å². The van der Waals surface area contributed by atoms with Gasteiger partial charge in [-0.25, -0.2) is 4.79 Å². The summed E-state index contributed by atoms with van der Waals surface area (Å²) < 4.78 is 1.30. The van der Waals surface area contributed by atoms with Gasteiger partial charge < -0.3 is 9.88 Å². The van der Waals surface area contributed by atoms with Crippen LogP contribution in [-0.2, 0) is 6.54 Å². The molecular formula is C24H26Cl2N4O2. The predicted molar refractivity (Wildman–Crippen MR) is 130 cm³/mol. The predicted octanol–water partition coefficient (Wildman–Crippen LogP) is 4.13. The second kappa shape index (κ2) is 8.93. The van der Waals surface area contributed by atoms with Gasteiger partial charge in [0.25, 0.3) is 5.56 Å². The van der Waals surface area contributed by atoms with Crippen LogP contribution in [-0.4, -0.2) is 46.2 Å². The monoisotopic (exact) mass is 472 g/mol. The maximum Gasteiger partial charge on any atom is 0.328 e. The summed E-state index contributed by atoms with van der Waals surface area (Å²) in [7, 11) is 0. The first-order valence-electron chi connectivity index (χ1n) is 11.2. The van der Waals surface area contributed by atoms with Gasteiger partial charge in [0.2, 0.25) is 0 Å². The van der Waals surface area contributed by atoms with E-state index in [0.29, 0.717) is 34.6 Å². The van der Waals surface area contributed by atoms with Crippen LogP contribution >= 0.6 is 23.2 Å². The van der Waals surface area contributed by atoms with Gasteiger partial charge in [0.15, 0.2) is 0 Å². The van der Waals surface area contributed by atoms with Crippen molar-refractivity contribution in [2.75, 3.05) is 24.5 Å². The molecule has 2 fully saturated rings. The van der Waals surface area contributed by atoms with Crippen molar-refractivity contribution in [1.82, 2.24) is 14.5 Å². The lowest BCUT2D eigenvalue weighted by Gasteiger charge is -2.42. The van der Waals surface area contributed by atoms with Crippen LogP contribution in [0.25, 0.3) is 10.9 Å². The maximum atomic E-state index is 12.8. The summed E-state index contributed by atoms with van der Waals surface area (Å²) >= 11 is 12.2. The number of aromatic amines is 1. The fourth-order valence-corrected chi connectivity index (χ4v) is 5.57. The lowest BCUT2D eigenvalue weighted by Crippen LogP contribution is -2.54. The van der Waals surface area contributed by atoms with Crippen LogP contribution in [0.2, 0.25) is 10.0 Å². The number of benzene rings is 2. The Kier molecular flexibility index (Phi) is 6.01. The Morgan fingerprint density at radius 2 is 1.59 bits per heavy atom. The van der Waals surface area contributed by atoms with Crippen LogP contribution < -0.4 is 16.1 Å². The van der Waals surface area contributed by atoms with Gasteiger partial charge in [0.05, 0.1) is 15.9 Å². The zero-order valence-corrected chi connectivity index (χ0v) is 19.3. The van der Waals surface area contributed by atoms with Crippen LogP contribution in [0.15, 0.2) is 52.1 Å². The molecule has 2 aliphatic heterocycles. The maximum absolute atomic E-state index is 12.8. The minimum Gasteiger partial charge on any atom is -0.368 e. The normalized spacial score (nSPS) is 20.9. The molecule has 3 heterocycles. The number of halogens is 2. The number of piperazine rings is 1. The fourth-order valence-electron chi connectivity index (χ4n) is 5.23. The molecule has 168 valence electrons. The Hall–Kier alpha value is -2.28. The second-order valence-corrected chi connectivity index (χ2v) is 9.60. The average molecular weight is 473 g/mol. The summed E-state index contributed by atoms with van der Waals surface area (Å²) in [5.41, 5.74) is 0.978. The van der Waals surface area contributed by atoms with Gasteiger partial charge in [-0.3, -0.25) is 14.3 Å². The van der Waals surface area contributed by atoms with Crippen LogP contribution in [0.1, 0.15) is 25.7 Å². The van der Waals surface area contributed by atoms with Crippen LogP contribution in [0.5, 0.6) is 0 Å². The number of nitrogens with one attached hydrogen (secondary N) is 1. The molecule has 0 amide bonds. The number of rotatable bonds is 6. The van der Waals surface area contributed by atoms with Gasteiger partial charge >= 0.3 is 5.69 Å². The van der Waals surface area contributed by atoms with Gasteiger partial charge in [-0.1, -0.05) is 29.3 Å². The Balaban J connectivity index is 1.20. The Labute approximate surface area is 196 Å². The largest absolute Gasteiger partial charge is 0.368 e. The van der Waals surface area contributed by atoms with Crippen LogP contribution in [0.3, 0.4) is 0 Å². The molecule has 0 spiro atoms. The molecule has 0 saturated carbocycles. The topological polar surface area (TPSA) is 61.3 Å². The van der Waals surface area contributed by atoms with Gasteiger partial charge in [-0.15, -0.1) is 0 Å². The zero-order chi connectivity index (χ0) is 22.2. The summed E-state index contributed by atoms with van der Waals surface area (Å²) in [4.78, 5) is 33.0. The lowest BCUT2D eigenvalue weighted by molar-refractivity contribution is 0.165. The molecule has 2 bridgehead atoms. The smallest absolute Gasteiger partial charge is 0.328 e. The van der Waals surface area contributed by atoms with E-state index in [0.717, 1.165) is 37.5 Å². The number of nitrogens with zero attached hydrogens (tertiary/aromatic N) is 3. The van der Waals surface area contributed by atoms with Gasteiger partial charge in [-0.2, -0.15) is 0 Å². The van der Waals surface area contributed by atoms with E-state index < -0.39 is 5.69 Å². The van der Waals surface area contributed by atoms with E-state index in [1.165, 1.54) is 23.1 Å². The zero-order valence-electron chi connectivity index (χ0n) is 17.8. The van der Waals surface area contributed by atoms with Crippen molar-refractivity contribution in [2.45, 2.75) is 44.3 Å². The van der Waals surface area contributed by atoms with E-state index in [9.17, 15) is 9.59 Å². The molecule has 32 heavy (non-hydrogen) atoms. The van der Waals surface area contributed by atoms with Crippen molar-refractivity contribution in [1.29, 1.82) is 0 Å². The quantitative estimate of drug-likeness (QED) is 0.547. The molecule has 5 rings (SSSR count). The molecule has 6 nitrogen and oxygen atoms in total. The first kappa shape index (κ1) is 21.6. The van der Waals surface area contributed by atoms with E-state index in [1.54, 1.807) is 18.2 Å². The molecule has 1 N–H and O–H groups in total. The number of para-hydroxylation sites is 1. The molecule has 8 heteroatoms. The number of anilines is 1. The number of fused-ring (bicyclic) bond motifs is 3. The molecular weight excluding hydrogens is 447 g/mol. The molecule has 2 atom stereocenters. The standard InChI is InChI=1S/C24H26Cl2N4O2/c25-16-6-8-17(9-7-16)28-14-18-10-11-19(15-28)29(18)12-1-2-13-30-23(31)20-4-3-5-21(26)22(20)27-24(30)32/h3-9,18-19H,1-2,10-15H2,(H,27,32). The SMILES string of the molecule is O=c1[nH]c2c(Cl)cccc2c(=O)n1CCCCN1C2CCC1CN(c1ccc(Cl)cc1)C2. The summed E-state index contributed by atoms with van der Waals surface area (Å²) in [6.07, 6.45) is 4.18. The molecule has 3 aromatic rings. The van der Waals surface area contributed by atoms with Crippen molar-refractivity contribution < 1.29 is 0 Å². The fraction of sp³-hybridized carbons (Fsp3) is 0.417. The average Bonchev–Trinajstić information content (AvgIpc) is 3.01. The van der Waals surface area contributed by atoms with Crippen molar-refractivity contribution in [3.8, 4) is 0 Å². The highest BCUT2D eigenvalue weighted by atomic mass is 35.5. The molecule has 2 saturated heterocycles. The molecule has 2 unspecified atom stereocenters.